The Morgan fingerprint density at radius 1 is 0.931 bits per heavy atom. The third kappa shape index (κ3) is 3.33. The summed E-state index contributed by atoms with van der Waals surface area (Å²) in [4.78, 5) is 0. The number of aliphatic hydroxyl groups excluding tert-OH is 3. The van der Waals surface area contributed by atoms with Crippen LogP contribution in [-0.4, -0.2) is 34.1 Å². The van der Waals surface area contributed by atoms with E-state index in [2.05, 4.69) is 27.7 Å². The predicted molar refractivity (Wildman–Crippen MR) is 117 cm³/mol. The lowest BCUT2D eigenvalue weighted by Gasteiger charge is -2.64. The van der Waals surface area contributed by atoms with Gasteiger partial charge in [0.1, 0.15) is 0 Å². The maximum atomic E-state index is 11.7. The average Bonchev–Trinajstić information content (AvgIpc) is 3.05. The third-order valence-corrected chi connectivity index (χ3v) is 11.0. The first-order chi connectivity index (χ1) is 13.8. The molecule has 0 aliphatic heterocycles. The van der Waals surface area contributed by atoms with Crippen molar-refractivity contribution in [1.82, 2.24) is 0 Å². The van der Waals surface area contributed by atoms with Crippen LogP contribution in [0.1, 0.15) is 91.9 Å². The first kappa shape index (κ1) is 22.1. The smallest absolute Gasteiger partial charge is 0.0605 e. The van der Waals surface area contributed by atoms with E-state index in [1.165, 1.54) is 25.7 Å². The highest BCUT2D eigenvalue weighted by atomic mass is 16.3. The van der Waals surface area contributed by atoms with Gasteiger partial charge in [0, 0.05) is 6.61 Å². The van der Waals surface area contributed by atoms with Crippen molar-refractivity contribution in [2.75, 3.05) is 6.61 Å². The van der Waals surface area contributed by atoms with Gasteiger partial charge in [0.05, 0.1) is 12.2 Å². The second-order valence-electron chi connectivity index (χ2n) is 12.0. The predicted octanol–water partition coefficient (Wildman–Crippen LogP) is 5.02. The fraction of sp³-hybridized carbons (Fsp3) is 1.00. The molecule has 4 rings (SSSR count). The van der Waals surface area contributed by atoms with E-state index in [9.17, 15) is 15.3 Å². The molecular formula is C26H46O3. The fourth-order valence-corrected chi connectivity index (χ4v) is 9.55. The molecule has 168 valence electrons. The Morgan fingerprint density at radius 3 is 2.31 bits per heavy atom. The molecule has 0 amide bonds. The number of aliphatic hydroxyl groups is 3. The lowest BCUT2D eigenvalue weighted by molar-refractivity contribution is -0.203. The standard InChI is InChI=1S/C26H46O3/c1-5-18-22-15-17(28)10-12-26(22,4)21-11-13-25(3)19(16(2)7-6-14-27)8-9-20(25)23(21)24(18)29/h16-24,27-29H,5-15H2,1-4H3/t16-,17-,18-,19-,20?,21?,22+,23?,24+,25-,26-/m1/s1. The number of rotatable bonds is 5. The van der Waals surface area contributed by atoms with E-state index >= 15 is 0 Å². The zero-order valence-corrected chi connectivity index (χ0v) is 19.3. The summed E-state index contributed by atoms with van der Waals surface area (Å²) in [5.74, 6) is 3.97. The first-order valence-corrected chi connectivity index (χ1v) is 12.7. The maximum absolute atomic E-state index is 11.7. The molecule has 3 nitrogen and oxygen atoms in total. The van der Waals surface area contributed by atoms with Crippen molar-refractivity contribution in [1.29, 1.82) is 0 Å². The van der Waals surface area contributed by atoms with E-state index < -0.39 is 0 Å². The molecule has 29 heavy (non-hydrogen) atoms. The largest absolute Gasteiger partial charge is 0.396 e. The Balaban J connectivity index is 1.63. The molecular weight excluding hydrogens is 360 g/mol. The van der Waals surface area contributed by atoms with Gasteiger partial charge in [-0.15, -0.1) is 0 Å². The van der Waals surface area contributed by atoms with Gasteiger partial charge in [0.15, 0.2) is 0 Å². The van der Waals surface area contributed by atoms with Gasteiger partial charge in [0.2, 0.25) is 0 Å². The van der Waals surface area contributed by atoms with Gasteiger partial charge in [-0.05, 0) is 110 Å². The number of hydrogen-bond donors (Lipinski definition) is 3. The Kier molecular flexibility index (Phi) is 6.17. The third-order valence-electron chi connectivity index (χ3n) is 11.0. The molecule has 0 saturated heterocycles. The Bertz CT molecular complexity index is 578. The van der Waals surface area contributed by atoms with Crippen LogP contribution >= 0.6 is 0 Å². The molecule has 11 atom stereocenters. The van der Waals surface area contributed by atoms with Crippen molar-refractivity contribution in [2.45, 2.75) is 104 Å². The van der Waals surface area contributed by atoms with Crippen LogP contribution in [0, 0.1) is 52.3 Å². The molecule has 3 N–H and O–H groups in total. The zero-order chi connectivity index (χ0) is 21.0. The molecule has 3 heteroatoms. The molecule has 0 radical (unpaired) electrons. The summed E-state index contributed by atoms with van der Waals surface area (Å²) in [6.45, 7) is 10.0. The second kappa shape index (κ2) is 8.10. The van der Waals surface area contributed by atoms with Crippen molar-refractivity contribution >= 4 is 0 Å². The fourth-order valence-electron chi connectivity index (χ4n) is 9.55. The van der Waals surface area contributed by atoms with Crippen LogP contribution in [0.25, 0.3) is 0 Å². The van der Waals surface area contributed by atoms with Gasteiger partial charge in [-0.3, -0.25) is 0 Å². The minimum absolute atomic E-state index is 0.164. The first-order valence-electron chi connectivity index (χ1n) is 12.7. The Morgan fingerprint density at radius 2 is 1.62 bits per heavy atom. The van der Waals surface area contributed by atoms with E-state index in [1.54, 1.807) is 0 Å². The number of fused-ring (bicyclic) bond motifs is 5. The molecule has 0 spiro atoms. The second-order valence-corrected chi connectivity index (χ2v) is 12.0. The van der Waals surface area contributed by atoms with Crippen LogP contribution in [0.15, 0.2) is 0 Å². The van der Waals surface area contributed by atoms with Crippen molar-refractivity contribution in [3.63, 3.8) is 0 Å². The van der Waals surface area contributed by atoms with Crippen LogP contribution in [0.2, 0.25) is 0 Å². The van der Waals surface area contributed by atoms with Crippen LogP contribution in [0.4, 0.5) is 0 Å². The van der Waals surface area contributed by atoms with E-state index in [1.807, 2.05) is 0 Å². The molecule has 3 unspecified atom stereocenters. The van der Waals surface area contributed by atoms with Gasteiger partial charge in [-0.1, -0.05) is 34.1 Å². The summed E-state index contributed by atoms with van der Waals surface area (Å²) in [6, 6.07) is 0. The average molecular weight is 407 g/mol. The van der Waals surface area contributed by atoms with Crippen LogP contribution < -0.4 is 0 Å². The highest BCUT2D eigenvalue weighted by Crippen LogP contribution is 2.69. The van der Waals surface area contributed by atoms with Gasteiger partial charge >= 0.3 is 0 Å². The molecule has 0 heterocycles. The summed E-state index contributed by atoms with van der Waals surface area (Å²) in [6.07, 6.45) is 10.9. The minimum Gasteiger partial charge on any atom is -0.396 e. The Hall–Kier alpha value is -0.120. The van der Waals surface area contributed by atoms with Gasteiger partial charge < -0.3 is 15.3 Å². The zero-order valence-electron chi connectivity index (χ0n) is 19.3. The summed E-state index contributed by atoms with van der Waals surface area (Å²) in [5.41, 5.74) is 0.651. The normalized spacial score (nSPS) is 53.1. The topological polar surface area (TPSA) is 60.7 Å². The molecule has 0 aromatic heterocycles. The van der Waals surface area contributed by atoms with E-state index in [0.29, 0.717) is 52.9 Å². The van der Waals surface area contributed by atoms with Crippen molar-refractivity contribution < 1.29 is 15.3 Å². The molecule has 0 bridgehead atoms. The molecule has 4 saturated carbocycles. The number of hydrogen-bond acceptors (Lipinski definition) is 3. The van der Waals surface area contributed by atoms with Crippen LogP contribution in [0.3, 0.4) is 0 Å². The van der Waals surface area contributed by atoms with Gasteiger partial charge in [-0.2, -0.15) is 0 Å². The van der Waals surface area contributed by atoms with E-state index in [4.69, 9.17) is 0 Å². The van der Waals surface area contributed by atoms with Crippen molar-refractivity contribution in [3.8, 4) is 0 Å². The maximum Gasteiger partial charge on any atom is 0.0605 e. The summed E-state index contributed by atoms with van der Waals surface area (Å²) < 4.78 is 0. The summed E-state index contributed by atoms with van der Waals surface area (Å²) in [5, 5.41) is 31.4. The lowest BCUT2D eigenvalue weighted by Crippen LogP contribution is -2.62. The highest BCUT2D eigenvalue weighted by molar-refractivity contribution is 5.13. The molecule has 4 aliphatic carbocycles. The summed E-state index contributed by atoms with van der Waals surface area (Å²) >= 11 is 0. The molecule has 4 aliphatic rings. The lowest BCUT2D eigenvalue weighted by atomic mass is 9.41. The van der Waals surface area contributed by atoms with E-state index in [-0.39, 0.29) is 12.2 Å². The molecule has 0 aromatic carbocycles. The van der Waals surface area contributed by atoms with Crippen LogP contribution in [0.5, 0.6) is 0 Å². The summed E-state index contributed by atoms with van der Waals surface area (Å²) in [7, 11) is 0. The SMILES string of the molecule is CC[C@H]1[C@H](O)C2C3CC[C@H]([C@H](C)CCCO)[C@@]3(C)CCC2[C@@]2(C)CC[C@@H](O)C[C@@H]12. The Labute approximate surface area is 178 Å². The van der Waals surface area contributed by atoms with E-state index in [0.717, 1.165) is 44.4 Å². The van der Waals surface area contributed by atoms with Gasteiger partial charge in [0.25, 0.3) is 0 Å². The van der Waals surface area contributed by atoms with Crippen molar-refractivity contribution in [3.05, 3.63) is 0 Å². The molecule has 0 aromatic rings. The monoisotopic (exact) mass is 406 g/mol. The molecule has 4 fully saturated rings. The van der Waals surface area contributed by atoms with Crippen molar-refractivity contribution in [2.24, 2.45) is 52.3 Å². The van der Waals surface area contributed by atoms with Gasteiger partial charge in [-0.25, -0.2) is 0 Å². The minimum atomic E-state index is -0.190. The highest BCUT2D eigenvalue weighted by Gasteiger charge is 2.64. The van der Waals surface area contributed by atoms with Crippen LogP contribution in [-0.2, 0) is 0 Å². The quantitative estimate of drug-likeness (QED) is 0.601.